The van der Waals surface area contributed by atoms with Crippen LogP contribution >= 0.6 is 0 Å². The number of allylic oxidation sites excluding steroid dienone is 2. The number of guanidine groups is 1. The van der Waals surface area contributed by atoms with Gasteiger partial charge in [0.2, 0.25) is 11.8 Å². The molecule has 2 heterocycles. The maximum absolute atomic E-state index is 12.7. The van der Waals surface area contributed by atoms with E-state index in [1.54, 1.807) is 10.9 Å². The van der Waals surface area contributed by atoms with Gasteiger partial charge in [0, 0.05) is 38.4 Å². The number of rotatable bonds is 7. The van der Waals surface area contributed by atoms with Gasteiger partial charge in [-0.15, -0.1) is 0 Å². The Bertz CT molecular complexity index is 783. The molecule has 0 aromatic carbocycles. The molecule has 2 fully saturated rings. The second-order valence-electron chi connectivity index (χ2n) is 7.83. The van der Waals surface area contributed by atoms with E-state index in [2.05, 4.69) is 32.9 Å². The second kappa shape index (κ2) is 7.77. The number of aryl methyl sites for hydroxylation is 1. The quantitative estimate of drug-likeness (QED) is 0.237. The van der Waals surface area contributed by atoms with Gasteiger partial charge in [-0.3, -0.25) is 19.2 Å². The summed E-state index contributed by atoms with van der Waals surface area (Å²) in [5.41, 5.74) is 1.04. The molecule has 0 spiro atoms. The highest BCUT2D eigenvalue weighted by atomic mass is 16.2. The first-order chi connectivity index (χ1) is 13.6. The first-order valence-corrected chi connectivity index (χ1v) is 10.1. The maximum atomic E-state index is 12.7. The first kappa shape index (κ1) is 18.7. The van der Waals surface area contributed by atoms with Crippen LogP contribution in [0.5, 0.6) is 0 Å². The predicted molar refractivity (Wildman–Crippen MR) is 105 cm³/mol. The molecule has 0 radical (unpaired) electrons. The van der Waals surface area contributed by atoms with E-state index in [-0.39, 0.29) is 35.5 Å². The van der Waals surface area contributed by atoms with Crippen LogP contribution in [-0.2, 0) is 23.2 Å². The second-order valence-corrected chi connectivity index (χ2v) is 7.83. The minimum absolute atomic E-state index is 0.0315. The predicted octanol–water partition coefficient (Wildman–Crippen LogP) is 0.672. The van der Waals surface area contributed by atoms with Crippen molar-refractivity contribution in [1.29, 1.82) is 0 Å². The van der Waals surface area contributed by atoms with E-state index in [1.807, 2.05) is 20.2 Å². The number of hydrogen-bond donors (Lipinski definition) is 2. The molecule has 4 rings (SSSR count). The Morgan fingerprint density at radius 3 is 2.54 bits per heavy atom. The summed E-state index contributed by atoms with van der Waals surface area (Å²) in [6, 6.07) is 0. The van der Waals surface area contributed by atoms with Gasteiger partial charge in [-0.2, -0.15) is 5.10 Å². The summed E-state index contributed by atoms with van der Waals surface area (Å²) < 4.78 is 1.76. The molecule has 28 heavy (non-hydrogen) atoms. The number of imide groups is 1. The number of aliphatic imine (C=N–C) groups is 1. The number of aromatic nitrogens is 2. The van der Waals surface area contributed by atoms with Crippen molar-refractivity contribution in [3.63, 3.8) is 0 Å². The van der Waals surface area contributed by atoms with Gasteiger partial charge in [-0.05, 0) is 31.6 Å². The van der Waals surface area contributed by atoms with Gasteiger partial charge in [-0.1, -0.05) is 12.2 Å². The number of likely N-dealkylation sites (tertiary alicyclic amines) is 1. The van der Waals surface area contributed by atoms with Gasteiger partial charge in [0.05, 0.1) is 24.6 Å². The van der Waals surface area contributed by atoms with Gasteiger partial charge in [0.15, 0.2) is 5.96 Å². The van der Waals surface area contributed by atoms with Crippen LogP contribution in [0, 0.1) is 23.7 Å². The van der Waals surface area contributed by atoms with Crippen molar-refractivity contribution in [3.8, 4) is 0 Å². The van der Waals surface area contributed by atoms with E-state index < -0.39 is 0 Å². The van der Waals surface area contributed by atoms with Gasteiger partial charge < -0.3 is 10.6 Å². The van der Waals surface area contributed by atoms with E-state index in [0.29, 0.717) is 26.1 Å². The maximum Gasteiger partial charge on any atom is 0.233 e. The van der Waals surface area contributed by atoms with Gasteiger partial charge in [0.1, 0.15) is 0 Å². The fourth-order valence-electron chi connectivity index (χ4n) is 4.69. The molecular weight excluding hydrogens is 356 g/mol. The number of hydrogen-bond acceptors (Lipinski definition) is 4. The standard InChI is InChI=1S/C20H28N6O2/c1-3-21-20(23-10-13-11-24-25(2)12-13)22-7-4-8-26-18(27)16-14-5-6-15(9-14)17(16)19(26)28/h5-6,11-12,14-17H,3-4,7-10H2,1-2H3,(H2,21,22,23). The third kappa shape index (κ3) is 3.43. The molecule has 2 amide bonds. The third-order valence-corrected chi connectivity index (χ3v) is 5.93. The number of carbonyl (C=O) groups excluding carboxylic acids is 2. The molecule has 2 N–H and O–H groups in total. The van der Waals surface area contributed by atoms with Gasteiger partial charge >= 0.3 is 0 Å². The summed E-state index contributed by atoms with van der Waals surface area (Å²) in [6.07, 6.45) is 9.68. The summed E-state index contributed by atoms with van der Waals surface area (Å²) in [5, 5.41) is 10.6. The smallest absolute Gasteiger partial charge is 0.233 e. The molecule has 2 bridgehead atoms. The lowest BCUT2D eigenvalue weighted by Crippen LogP contribution is -2.40. The number of fused-ring (bicyclic) bond motifs is 5. The van der Waals surface area contributed by atoms with Crippen LogP contribution < -0.4 is 10.6 Å². The Labute approximate surface area is 165 Å². The highest BCUT2D eigenvalue weighted by Crippen LogP contribution is 2.52. The molecule has 4 atom stereocenters. The SMILES string of the molecule is CCNC(=NCc1cnn(C)c1)NCCCN1C(=O)C2C3C=CC(C3)C2C1=O. The molecule has 2 aliphatic carbocycles. The van der Waals surface area contributed by atoms with Crippen LogP contribution in [0.4, 0.5) is 0 Å². The highest BCUT2D eigenvalue weighted by Gasteiger charge is 2.58. The van der Waals surface area contributed by atoms with E-state index in [1.165, 1.54) is 4.90 Å². The Hall–Kier alpha value is -2.64. The number of nitrogens with zero attached hydrogens (tertiary/aromatic N) is 4. The molecule has 3 aliphatic rings. The summed E-state index contributed by atoms with van der Waals surface area (Å²) in [5.74, 6) is 1.13. The molecule has 1 aliphatic heterocycles. The largest absolute Gasteiger partial charge is 0.357 e. The van der Waals surface area contributed by atoms with Crippen molar-refractivity contribution in [1.82, 2.24) is 25.3 Å². The third-order valence-electron chi connectivity index (χ3n) is 5.93. The van der Waals surface area contributed by atoms with Crippen LogP contribution in [-0.4, -0.2) is 52.1 Å². The van der Waals surface area contributed by atoms with Crippen molar-refractivity contribution < 1.29 is 9.59 Å². The van der Waals surface area contributed by atoms with Crippen molar-refractivity contribution in [2.45, 2.75) is 26.3 Å². The van der Waals surface area contributed by atoms with Gasteiger partial charge in [0.25, 0.3) is 0 Å². The number of carbonyl (C=O) groups is 2. The van der Waals surface area contributed by atoms with Crippen molar-refractivity contribution in [3.05, 3.63) is 30.1 Å². The molecule has 4 unspecified atom stereocenters. The normalized spacial score (nSPS) is 28.4. The van der Waals surface area contributed by atoms with Crippen LogP contribution in [0.15, 0.2) is 29.5 Å². The zero-order valence-electron chi connectivity index (χ0n) is 16.5. The Morgan fingerprint density at radius 1 is 1.21 bits per heavy atom. The Morgan fingerprint density at radius 2 is 1.93 bits per heavy atom. The summed E-state index contributed by atoms with van der Waals surface area (Å²) in [4.78, 5) is 31.4. The summed E-state index contributed by atoms with van der Waals surface area (Å²) in [6.45, 7) is 4.45. The molecule has 8 heteroatoms. The first-order valence-electron chi connectivity index (χ1n) is 10.1. The zero-order valence-corrected chi connectivity index (χ0v) is 16.5. The molecular formula is C20H28N6O2. The van der Waals surface area contributed by atoms with E-state index in [9.17, 15) is 9.59 Å². The minimum atomic E-state index is -0.103. The monoisotopic (exact) mass is 384 g/mol. The minimum Gasteiger partial charge on any atom is -0.357 e. The fourth-order valence-corrected chi connectivity index (χ4v) is 4.69. The Kier molecular flexibility index (Phi) is 5.19. The van der Waals surface area contributed by atoms with E-state index in [4.69, 9.17) is 0 Å². The molecule has 150 valence electrons. The topological polar surface area (TPSA) is 91.6 Å². The van der Waals surface area contributed by atoms with Crippen LogP contribution in [0.25, 0.3) is 0 Å². The zero-order chi connectivity index (χ0) is 19.7. The van der Waals surface area contributed by atoms with E-state index in [0.717, 1.165) is 24.5 Å². The Balaban J connectivity index is 1.26. The fraction of sp³-hybridized carbons (Fsp3) is 0.600. The van der Waals surface area contributed by atoms with Crippen LogP contribution in [0.1, 0.15) is 25.3 Å². The van der Waals surface area contributed by atoms with Gasteiger partial charge in [-0.25, -0.2) is 4.99 Å². The molecule has 1 aromatic heterocycles. The molecule has 1 saturated heterocycles. The lowest BCUT2D eigenvalue weighted by Gasteiger charge is -2.18. The van der Waals surface area contributed by atoms with Crippen molar-refractivity contribution >= 4 is 17.8 Å². The average Bonchev–Trinajstić information content (AvgIpc) is 3.43. The summed E-state index contributed by atoms with van der Waals surface area (Å²) >= 11 is 0. The lowest BCUT2D eigenvalue weighted by atomic mass is 9.85. The number of amides is 2. The van der Waals surface area contributed by atoms with Crippen molar-refractivity contribution in [2.75, 3.05) is 19.6 Å². The lowest BCUT2D eigenvalue weighted by molar-refractivity contribution is -0.140. The van der Waals surface area contributed by atoms with Crippen molar-refractivity contribution in [2.24, 2.45) is 35.7 Å². The molecule has 8 nitrogen and oxygen atoms in total. The molecule has 1 saturated carbocycles. The van der Waals surface area contributed by atoms with Crippen LogP contribution in [0.3, 0.4) is 0 Å². The average molecular weight is 384 g/mol. The molecule has 1 aromatic rings. The highest BCUT2D eigenvalue weighted by molar-refractivity contribution is 6.06. The van der Waals surface area contributed by atoms with Crippen LogP contribution in [0.2, 0.25) is 0 Å². The summed E-state index contributed by atoms with van der Waals surface area (Å²) in [7, 11) is 1.88. The van der Waals surface area contributed by atoms with E-state index >= 15 is 0 Å². The number of nitrogens with one attached hydrogen (secondary N) is 2.